The molecule has 2 heterocycles. The third-order valence-corrected chi connectivity index (χ3v) is 7.46. The largest absolute Gasteiger partial charge is 0.490 e. The van der Waals surface area contributed by atoms with Crippen LogP contribution in [0.1, 0.15) is 91.6 Å². The summed E-state index contributed by atoms with van der Waals surface area (Å²) in [6.45, 7) is 16.1. The van der Waals surface area contributed by atoms with Gasteiger partial charge < -0.3 is 14.2 Å². The second-order valence-corrected chi connectivity index (χ2v) is 14.4. The van der Waals surface area contributed by atoms with Gasteiger partial charge in [-0.15, -0.1) is 0 Å². The van der Waals surface area contributed by atoms with Gasteiger partial charge in [0.25, 0.3) is 11.1 Å². The number of rotatable bonds is 12. The van der Waals surface area contributed by atoms with Crippen LogP contribution < -0.4 is 25.3 Å². The minimum atomic E-state index is -0.998. The number of nitrogens with zero attached hydrogens (tertiary/aromatic N) is 2. The summed E-state index contributed by atoms with van der Waals surface area (Å²) >= 11 is 0. The number of fused-ring (bicyclic) bond motifs is 2. The van der Waals surface area contributed by atoms with Crippen molar-refractivity contribution < 1.29 is 27.8 Å². The number of aromatic nitrogens is 2. The van der Waals surface area contributed by atoms with E-state index in [1.807, 2.05) is 55.4 Å². The molecule has 2 aromatic heterocycles. The second-order valence-electron chi connectivity index (χ2n) is 14.4. The first-order valence-electron chi connectivity index (χ1n) is 16.3. The highest BCUT2D eigenvalue weighted by molar-refractivity contribution is 6.01. The maximum Gasteiger partial charge on any atom is 0.365 e. The molecule has 8 nitrogen and oxygen atoms in total. The van der Waals surface area contributed by atoms with Crippen LogP contribution in [0.5, 0.6) is 17.4 Å². The standard InChI is InChI=1S/C37H46F2N2O6/c1-9-11-17-45-30-27-19-23(38)13-15-25(27)32(42)40(21-36(3,4)5)29(30)35(44)47-34-31(46-18-12-10-2)28-20-24(39)14-16-26(28)33(43)41(34)22-37(6,7)8/h13-16,19-20H,9-12,17-18,21-22H2,1-8H3. The van der Waals surface area contributed by atoms with Gasteiger partial charge in [-0.05, 0) is 60.1 Å². The highest BCUT2D eigenvalue weighted by Crippen LogP contribution is 2.38. The van der Waals surface area contributed by atoms with Crippen LogP contribution in [-0.4, -0.2) is 28.3 Å². The fraction of sp³-hybridized carbons (Fsp3) is 0.486. The highest BCUT2D eigenvalue weighted by atomic mass is 19.1. The molecule has 47 heavy (non-hydrogen) atoms. The number of halogens is 2. The van der Waals surface area contributed by atoms with E-state index in [1.54, 1.807) is 0 Å². The van der Waals surface area contributed by atoms with Crippen molar-refractivity contribution in [2.24, 2.45) is 10.8 Å². The van der Waals surface area contributed by atoms with E-state index >= 15 is 0 Å². The molecule has 0 fully saturated rings. The maximum atomic E-state index is 14.7. The third-order valence-electron chi connectivity index (χ3n) is 7.46. The molecule has 0 aliphatic rings. The molecule has 0 unspecified atom stereocenters. The number of pyridine rings is 2. The summed E-state index contributed by atoms with van der Waals surface area (Å²) in [5, 5.41) is 0.686. The molecule has 0 spiro atoms. The summed E-state index contributed by atoms with van der Waals surface area (Å²) in [6.07, 6.45) is 2.88. The molecule has 0 saturated carbocycles. The predicted molar refractivity (Wildman–Crippen MR) is 181 cm³/mol. The number of benzene rings is 2. The third kappa shape index (κ3) is 8.21. The minimum Gasteiger partial charge on any atom is -0.490 e. The molecule has 254 valence electrons. The SMILES string of the molecule is CCCCOc1c(OC(=O)c2c(OCCCC)c3cc(F)ccc3c(=O)n2CC(C)(C)C)n(CC(C)(C)C)c(=O)c2ccc(F)cc12. The van der Waals surface area contributed by atoms with E-state index in [2.05, 4.69) is 0 Å². The Hall–Kier alpha value is -4.21. The zero-order valence-electron chi connectivity index (χ0n) is 28.7. The average Bonchev–Trinajstić information content (AvgIpc) is 2.97. The van der Waals surface area contributed by atoms with Crippen LogP contribution in [0.4, 0.5) is 8.78 Å². The molecule has 0 radical (unpaired) electrons. The quantitative estimate of drug-likeness (QED) is 0.113. The van der Waals surface area contributed by atoms with E-state index in [0.717, 1.165) is 12.8 Å². The Morgan fingerprint density at radius 3 is 1.62 bits per heavy atom. The average molecular weight is 653 g/mol. The van der Waals surface area contributed by atoms with E-state index < -0.39 is 39.6 Å². The maximum absolute atomic E-state index is 14.7. The van der Waals surface area contributed by atoms with Crippen molar-refractivity contribution in [3.8, 4) is 17.4 Å². The van der Waals surface area contributed by atoms with E-state index in [0.29, 0.717) is 12.8 Å². The van der Waals surface area contributed by atoms with Crippen LogP contribution in [-0.2, 0) is 13.1 Å². The molecular formula is C37H46F2N2O6. The summed E-state index contributed by atoms with van der Waals surface area (Å²) in [6, 6.07) is 7.52. The lowest BCUT2D eigenvalue weighted by molar-refractivity contribution is 0.0685. The first-order valence-corrected chi connectivity index (χ1v) is 16.3. The van der Waals surface area contributed by atoms with Gasteiger partial charge in [0.2, 0.25) is 5.88 Å². The van der Waals surface area contributed by atoms with Crippen LogP contribution in [0.25, 0.3) is 21.5 Å². The van der Waals surface area contributed by atoms with Gasteiger partial charge in [0.05, 0.1) is 24.0 Å². The van der Waals surface area contributed by atoms with Crippen LogP contribution in [0.15, 0.2) is 46.0 Å². The normalized spacial score (nSPS) is 12.1. The van der Waals surface area contributed by atoms with Gasteiger partial charge in [0.15, 0.2) is 17.2 Å². The Labute approximate surface area is 274 Å². The summed E-state index contributed by atoms with van der Waals surface area (Å²) in [5.74, 6) is -2.36. The van der Waals surface area contributed by atoms with Crippen molar-refractivity contribution in [3.63, 3.8) is 0 Å². The van der Waals surface area contributed by atoms with Crippen LogP contribution in [0.3, 0.4) is 0 Å². The molecular weight excluding hydrogens is 606 g/mol. The predicted octanol–water partition coefficient (Wildman–Crippen LogP) is 8.26. The lowest BCUT2D eigenvalue weighted by atomic mass is 9.96. The number of ether oxygens (including phenoxy) is 3. The molecule has 0 aliphatic heterocycles. The van der Waals surface area contributed by atoms with Gasteiger partial charge in [-0.2, -0.15) is 0 Å². The van der Waals surface area contributed by atoms with Gasteiger partial charge in [-0.25, -0.2) is 13.6 Å². The van der Waals surface area contributed by atoms with Gasteiger partial charge in [-0.1, -0.05) is 68.2 Å². The van der Waals surface area contributed by atoms with Crippen molar-refractivity contribution in [3.05, 3.63) is 74.4 Å². The first-order chi connectivity index (χ1) is 22.1. The fourth-order valence-corrected chi connectivity index (χ4v) is 5.36. The Balaban J connectivity index is 2.08. The number of esters is 1. The number of hydrogen-bond donors (Lipinski definition) is 0. The zero-order chi connectivity index (χ0) is 34.7. The van der Waals surface area contributed by atoms with E-state index in [1.165, 1.54) is 45.5 Å². The molecule has 4 aromatic rings. The van der Waals surface area contributed by atoms with Crippen molar-refractivity contribution in [1.29, 1.82) is 0 Å². The van der Waals surface area contributed by atoms with E-state index in [-0.39, 0.29) is 70.9 Å². The number of carbonyl (C=O) groups is 1. The molecule has 4 rings (SSSR count). The Kier molecular flexibility index (Phi) is 10.8. The second kappa shape index (κ2) is 14.3. The Morgan fingerprint density at radius 1 is 0.681 bits per heavy atom. The summed E-state index contributed by atoms with van der Waals surface area (Å²) in [7, 11) is 0. The van der Waals surface area contributed by atoms with Gasteiger partial charge in [0, 0.05) is 23.9 Å². The summed E-state index contributed by atoms with van der Waals surface area (Å²) in [4.78, 5) is 42.5. The lowest BCUT2D eigenvalue weighted by Crippen LogP contribution is -2.35. The van der Waals surface area contributed by atoms with Crippen molar-refractivity contribution in [2.45, 2.75) is 94.2 Å². The molecule has 2 aromatic carbocycles. The summed E-state index contributed by atoms with van der Waals surface area (Å²) in [5.41, 5.74) is -2.16. The van der Waals surface area contributed by atoms with Gasteiger partial charge in [0.1, 0.15) is 11.6 Å². The Bertz CT molecular complexity index is 1900. The van der Waals surface area contributed by atoms with Crippen molar-refractivity contribution in [1.82, 2.24) is 9.13 Å². The summed E-state index contributed by atoms with van der Waals surface area (Å²) < 4.78 is 50.4. The fourth-order valence-electron chi connectivity index (χ4n) is 5.36. The first kappa shape index (κ1) is 35.6. The molecule has 0 aliphatic carbocycles. The van der Waals surface area contributed by atoms with Crippen molar-refractivity contribution in [2.75, 3.05) is 13.2 Å². The van der Waals surface area contributed by atoms with Crippen LogP contribution in [0.2, 0.25) is 0 Å². The molecule has 0 atom stereocenters. The highest BCUT2D eigenvalue weighted by Gasteiger charge is 2.31. The molecule has 0 N–H and O–H groups in total. The molecule has 0 amide bonds. The van der Waals surface area contributed by atoms with Crippen molar-refractivity contribution >= 4 is 27.5 Å². The van der Waals surface area contributed by atoms with Crippen LogP contribution >= 0.6 is 0 Å². The number of unbranched alkanes of at least 4 members (excludes halogenated alkanes) is 2. The Morgan fingerprint density at radius 2 is 1.13 bits per heavy atom. The number of carbonyl (C=O) groups excluding carboxylic acids is 1. The number of hydrogen-bond acceptors (Lipinski definition) is 6. The van der Waals surface area contributed by atoms with Gasteiger partial charge >= 0.3 is 5.97 Å². The monoisotopic (exact) mass is 652 g/mol. The van der Waals surface area contributed by atoms with Gasteiger partial charge in [-0.3, -0.25) is 18.7 Å². The molecule has 0 bridgehead atoms. The molecule has 0 saturated heterocycles. The topological polar surface area (TPSA) is 88.8 Å². The zero-order valence-corrected chi connectivity index (χ0v) is 28.7. The minimum absolute atomic E-state index is 0.00630. The lowest BCUT2D eigenvalue weighted by Gasteiger charge is -2.26. The smallest absolute Gasteiger partial charge is 0.365 e. The van der Waals surface area contributed by atoms with Crippen LogP contribution in [0, 0.1) is 22.5 Å². The van der Waals surface area contributed by atoms with E-state index in [4.69, 9.17) is 14.2 Å². The molecule has 10 heteroatoms. The van der Waals surface area contributed by atoms with E-state index in [9.17, 15) is 23.2 Å².